The standard InChI is InChI=1S/C28H30N4O4/c29-18-21-11-13-22(14-12-21)31-27(34)24-25(36-24)28(35)32-23(17-20-9-5-2-6-10-20)26(33)30-16-15-19-7-3-1-4-8-19/h1-14,23-25H,15-18,29H2,(H,30,33)(H,31,34)(H,32,35)/t23-,24-,25-/m0/s1. The van der Waals surface area contributed by atoms with Gasteiger partial charge in [-0.2, -0.15) is 0 Å². The molecule has 1 fully saturated rings. The summed E-state index contributed by atoms with van der Waals surface area (Å²) < 4.78 is 5.35. The summed E-state index contributed by atoms with van der Waals surface area (Å²) in [4.78, 5) is 38.3. The molecule has 0 aliphatic carbocycles. The van der Waals surface area contributed by atoms with Gasteiger partial charge in [0, 0.05) is 25.2 Å². The predicted molar refractivity (Wildman–Crippen MR) is 137 cm³/mol. The van der Waals surface area contributed by atoms with Gasteiger partial charge in [-0.05, 0) is 35.2 Å². The summed E-state index contributed by atoms with van der Waals surface area (Å²) in [6, 6.07) is 25.6. The summed E-state index contributed by atoms with van der Waals surface area (Å²) in [7, 11) is 0. The summed E-state index contributed by atoms with van der Waals surface area (Å²) in [6.07, 6.45) is -0.846. The van der Waals surface area contributed by atoms with Gasteiger partial charge in [-0.25, -0.2) is 0 Å². The van der Waals surface area contributed by atoms with Crippen molar-refractivity contribution in [1.29, 1.82) is 0 Å². The van der Waals surface area contributed by atoms with Crippen LogP contribution in [-0.2, 0) is 38.5 Å². The van der Waals surface area contributed by atoms with E-state index in [2.05, 4.69) is 16.0 Å². The largest absolute Gasteiger partial charge is 0.354 e. The monoisotopic (exact) mass is 486 g/mol. The van der Waals surface area contributed by atoms with Crippen LogP contribution in [0.1, 0.15) is 16.7 Å². The number of amides is 3. The second-order valence-corrected chi connectivity index (χ2v) is 8.65. The lowest BCUT2D eigenvalue weighted by molar-refractivity contribution is -0.129. The van der Waals surface area contributed by atoms with Crippen molar-refractivity contribution in [2.24, 2.45) is 5.73 Å². The number of benzene rings is 3. The minimum Gasteiger partial charge on any atom is -0.354 e. The van der Waals surface area contributed by atoms with Crippen LogP contribution in [0.5, 0.6) is 0 Å². The highest BCUT2D eigenvalue weighted by Crippen LogP contribution is 2.24. The molecule has 0 bridgehead atoms. The Labute approximate surface area is 210 Å². The van der Waals surface area contributed by atoms with Gasteiger partial charge in [0.2, 0.25) is 5.91 Å². The Hall–Kier alpha value is -4.01. The first-order valence-electron chi connectivity index (χ1n) is 11.9. The van der Waals surface area contributed by atoms with Gasteiger partial charge in [-0.3, -0.25) is 14.4 Å². The molecule has 1 aliphatic heterocycles. The van der Waals surface area contributed by atoms with Gasteiger partial charge >= 0.3 is 0 Å². The quantitative estimate of drug-likeness (QED) is 0.308. The van der Waals surface area contributed by atoms with E-state index in [1.165, 1.54) is 0 Å². The van der Waals surface area contributed by atoms with E-state index in [0.717, 1.165) is 16.7 Å². The van der Waals surface area contributed by atoms with Crippen molar-refractivity contribution in [3.63, 3.8) is 0 Å². The number of ether oxygens (including phenoxy) is 1. The zero-order valence-electron chi connectivity index (χ0n) is 19.9. The van der Waals surface area contributed by atoms with Gasteiger partial charge in [0.25, 0.3) is 11.8 Å². The van der Waals surface area contributed by atoms with Gasteiger partial charge in [0.05, 0.1) is 0 Å². The lowest BCUT2D eigenvalue weighted by Crippen LogP contribution is -2.50. The molecule has 1 saturated heterocycles. The zero-order valence-corrected chi connectivity index (χ0v) is 19.9. The maximum Gasteiger partial charge on any atom is 0.256 e. The molecule has 0 radical (unpaired) electrons. The Balaban J connectivity index is 1.32. The predicted octanol–water partition coefficient (Wildman–Crippen LogP) is 1.94. The molecular formula is C28H30N4O4. The second kappa shape index (κ2) is 12.1. The van der Waals surface area contributed by atoms with Crippen LogP contribution in [0.3, 0.4) is 0 Å². The summed E-state index contributed by atoms with van der Waals surface area (Å²) in [5, 5.41) is 8.41. The fraction of sp³-hybridized carbons (Fsp3) is 0.250. The van der Waals surface area contributed by atoms with E-state index in [0.29, 0.717) is 31.6 Å². The maximum absolute atomic E-state index is 13.0. The Kier molecular flexibility index (Phi) is 8.44. The number of nitrogens with one attached hydrogen (secondary N) is 3. The highest BCUT2D eigenvalue weighted by atomic mass is 16.6. The molecule has 0 spiro atoms. The van der Waals surface area contributed by atoms with Crippen LogP contribution in [-0.4, -0.2) is 42.5 Å². The minimum absolute atomic E-state index is 0.287. The van der Waals surface area contributed by atoms with E-state index in [-0.39, 0.29) is 5.91 Å². The molecule has 8 heteroatoms. The van der Waals surface area contributed by atoms with Crippen LogP contribution in [0.25, 0.3) is 0 Å². The Morgan fingerprint density at radius 2 is 1.39 bits per heavy atom. The molecular weight excluding hydrogens is 456 g/mol. The molecule has 1 heterocycles. The summed E-state index contributed by atoms with van der Waals surface area (Å²) in [6.45, 7) is 0.851. The summed E-state index contributed by atoms with van der Waals surface area (Å²) >= 11 is 0. The average molecular weight is 487 g/mol. The molecule has 36 heavy (non-hydrogen) atoms. The highest BCUT2D eigenvalue weighted by molar-refractivity contribution is 6.02. The molecule has 0 aromatic heterocycles. The molecule has 5 N–H and O–H groups in total. The normalized spacial score (nSPS) is 17.0. The molecule has 4 rings (SSSR count). The average Bonchev–Trinajstić information content (AvgIpc) is 3.71. The smallest absolute Gasteiger partial charge is 0.256 e. The lowest BCUT2D eigenvalue weighted by atomic mass is 10.0. The number of rotatable bonds is 11. The first kappa shape index (κ1) is 25.1. The number of hydrogen-bond acceptors (Lipinski definition) is 5. The van der Waals surface area contributed by atoms with E-state index in [1.807, 2.05) is 72.8 Å². The Bertz CT molecular complexity index is 1170. The van der Waals surface area contributed by atoms with E-state index in [4.69, 9.17) is 10.5 Å². The van der Waals surface area contributed by atoms with Crippen molar-refractivity contribution < 1.29 is 19.1 Å². The van der Waals surface area contributed by atoms with Crippen molar-refractivity contribution >= 4 is 23.4 Å². The lowest BCUT2D eigenvalue weighted by Gasteiger charge is -2.18. The summed E-state index contributed by atoms with van der Waals surface area (Å²) in [5.41, 5.74) is 9.15. The molecule has 3 aromatic carbocycles. The molecule has 186 valence electrons. The first-order chi connectivity index (χ1) is 17.5. The highest BCUT2D eigenvalue weighted by Gasteiger charge is 2.51. The van der Waals surface area contributed by atoms with E-state index >= 15 is 0 Å². The SMILES string of the molecule is NCc1ccc(NC(=O)[C@H]2O[C@@H]2C(=O)N[C@@H](Cc2ccccc2)C(=O)NCCc2ccccc2)cc1. The molecule has 3 amide bonds. The van der Waals surface area contributed by atoms with Crippen molar-refractivity contribution in [3.05, 3.63) is 102 Å². The second-order valence-electron chi connectivity index (χ2n) is 8.65. The zero-order chi connectivity index (χ0) is 25.3. The van der Waals surface area contributed by atoms with Gasteiger partial charge in [-0.15, -0.1) is 0 Å². The third-order valence-electron chi connectivity index (χ3n) is 5.94. The topological polar surface area (TPSA) is 126 Å². The molecule has 3 atom stereocenters. The fourth-order valence-electron chi connectivity index (χ4n) is 3.86. The Morgan fingerprint density at radius 3 is 2.03 bits per heavy atom. The fourth-order valence-corrected chi connectivity index (χ4v) is 3.86. The minimum atomic E-state index is -0.941. The van der Waals surface area contributed by atoms with Crippen LogP contribution in [0, 0.1) is 0 Å². The van der Waals surface area contributed by atoms with Crippen molar-refractivity contribution in [3.8, 4) is 0 Å². The van der Waals surface area contributed by atoms with Crippen LogP contribution in [0.15, 0.2) is 84.9 Å². The van der Waals surface area contributed by atoms with E-state index in [9.17, 15) is 14.4 Å². The van der Waals surface area contributed by atoms with Crippen molar-refractivity contribution in [2.75, 3.05) is 11.9 Å². The van der Waals surface area contributed by atoms with Crippen LogP contribution in [0.2, 0.25) is 0 Å². The van der Waals surface area contributed by atoms with Gasteiger partial charge in [0.15, 0.2) is 12.2 Å². The third-order valence-corrected chi connectivity index (χ3v) is 5.94. The summed E-state index contributed by atoms with van der Waals surface area (Å²) in [5.74, 6) is -1.19. The van der Waals surface area contributed by atoms with Gasteiger partial charge in [0.1, 0.15) is 6.04 Å². The Morgan fingerprint density at radius 1 is 0.778 bits per heavy atom. The molecule has 0 saturated carbocycles. The third kappa shape index (κ3) is 7.00. The van der Waals surface area contributed by atoms with Crippen LogP contribution >= 0.6 is 0 Å². The molecule has 3 aromatic rings. The van der Waals surface area contributed by atoms with Crippen molar-refractivity contribution in [2.45, 2.75) is 37.6 Å². The number of anilines is 1. The van der Waals surface area contributed by atoms with E-state index in [1.54, 1.807) is 12.1 Å². The first-order valence-corrected chi connectivity index (χ1v) is 11.9. The molecule has 0 unspecified atom stereocenters. The number of carbonyl (C=O) groups excluding carboxylic acids is 3. The number of epoxide rings is 1. The number of nitrogens with two attached hydrogens (primary N) is 1. The molecule has 1 aliphatic rings. The van der Waals surface area contributed by atoms with Crippen molar-refractivity contribution in [1.82, 2.24) is 10.6 Å². The number of carbonyl (C=O) groups is 3. The van der Waals surface area contributed by atoms with E-state index < -0.39 is 30.1 Å². The maximum atomic E-state index is 13.0. The molecule has 8 nitrogen and oxygen atoms in total. The van der Waals surface area contributed by atoms with Crippen LogP contribution in [0.4, 0.5) is 5.69 Å². The van der Waals surface area contributed by atoms with Crippen LogP contribution < -0.4 is 21.7 Å². The number of hydrogen-bond donors (Lipinski definition) is 4. The van der Waals surface area contributed by atoms with Gasteiger partial charge < -0.3 is 26.4 Å². The van der Waals surface area contributed by atoms with Gasteiger partial charge in [-0.1, -0.05) is 72.8 Å².